The molecule has 3 aromatic rings. The number of thiazole rings is 1. The fourth-order valence-electron chi connectivity index (χ4n) is 3.33. The predicted octanol–water partition coefficient (Wildman–Crippen LogP) is 3.00. The number of likely N-dealkylation sites (tertiary alicyclic amines) is 1. The number of hydrogen-bond acceptors (Lipinski definition) is 6. The van der Waals surface area contributed by atoms with E-state index in [0.29, 0.717) is 5.92 Å². The first-order valence-electron chi connectivity index (χ1n) is 8.61. The van der Waals surface area contributed by atoms with Gasteiger partial charge in [-0.2, -0.15) is 0 Å². The van der Waals surface area contributed by atoms with E-state index in [4.69, 9.17) is 0 Å². The van der Waals surface area contributed by atoms with Crippen LogP contribution in [0, 0.1) is 19.8 Å². The smallest absolute Gasteiger partial charge is 0.157 e. The van der Waals surface area contributed by atoms with Gasteiger partial charge in [-0.1, -0.05) is 0 Å². The fourth-order valence-corrected chi connectivity index (χ4v) is 4.14. The van der Waals surface area contributed by atoms with Gasteiger partial charge in [0.25, 0.3) is 0 Å². The summed E-state index contributed by atoms with van der Waals surface area (Å²) in [6.45, 7) is 7.38. The van der Waals surface area contributed by atoms with Crippen molar-refractivity contribution in [2.75, 3.05) is 13.1 Å². The van der Waals surface area contributed by atoms with Crippen LogP contribution in [0.3, 0.4) is 0 Å². The zero-order valence-electron chi connectivity index (χ0n) is 14.6. The molecule has 1 N–H and O–H groups in total. The number of hydrogen-bond donors (Lipinski definition) is 1. The van der Waals surface area contributed by atoms with Crippen molar-refractivity contribution in [1.82, 2.24) is 29.8 Å². The van der Waals surface area contributed by atoms with Gasteiger partial charge in [-0.3, -0.25) is 9.88 Å². The molecular formula is C18H22N6S. The lowest BCUT2D eigenvalue weighted by Gasteiger charge is -2.15. The van der Waals surface area contributed by atoms with E-state index in [2.05, 4.69) is 36.7 Å². The minimum absolute atomic E-state index is 0.652. The first-order chi connectivity index (χ1) is 12.2. The Morgan fingerprint density at radius 3 is 2.76 bits per heavy atom. The second-order valence-corrected chi connectivity index (χ2v) is 7.70. The van der Waals surface area contributed by atoms with Crippen molar-refractivity contribution < 1.29 is 0 Å². The summed E-state index contributed by atoms with van der Waals surface area (Å²) in [4.78, 5) is 24.9. The van der Waals surface area contributed by atoms with Crippen LogP contribution in [0.1, 0.15) is 28.4 Å². The fraction of sp³-hybridized carbons (Fsp3) is 0.444. The Morgan fingerprint density at radius 1 is 1.16 bits per heavy atom. The number of rotatable bonds is 5. The minimum atomic E-state index is 0.652. The van der Waals surface area contributed by atoms with Crippen molar-refractivity contribution >= 4 is 11.3 Å². The molecule has 6 nitrogen and oxygen atoms in total. The highest BCUT2D eigenvalue weighted by molar-refractivity contribution is 7.09. The number of imidazole rings is 1. The van der Waals surface area contributed by atoms with E-state index in [9.17, 15) is 0 Å². The third-order valence-corrected chi connectivity index (χ3v) is 5.65. The maximum absolute atomic E-state index is 4.59. The molecule has 0 aliphatic carbocycles. The van der Waals surface area contributed by atoms with E-state index in [1.165, 1.54) is 17.0 Å². The van der Waals surface area contributed by atoms with Crippen molar-refractivity contribution in [1.29, 1.82) is 0 Å². The lowest BCUT2D eigenvalue weighted by Crippen LogP contribution is -2.20. The van der Waals surface area contributed by atoms with Crippen LogP contribution < -0.4 is 0 Å². The van der Waals surface area contributed by atoms with Crippen molar-refractivity contribution in [2.24, 2.45) is 5.92 Å². The molecule has 25 heavy (non-hydrogen) atoms. The largest absolute Gasteiger partial charge is 0.341 e. The second-order valence-electron chi connectivity index (χ2n) is 6.76. The molecule has 130 valence electrons. The van der Waals surface area contributed by atoms with Gasteiger partial charge in [-0.05, 0) is 39.2 Å². The molecule has 4 heterocycles. The van der Waals surface area contributed by atoms with Crippen LogP contribution >= 0.6 is 11.3 Å². The normalized spacial score (nSPS) is 18.1. The number of H-pyrrole nitrogens is 1. The maximum atomic E-state index is 4.59. The molecular weight excluding hydrogens is 332 g/mol. The van der Waals surface area contributed by atoms with Crippen LogP contribution in [-0.4, -0.2) is 42.9 Å². The van der Waals surface area contributed by atoms with Crippen LogP contribution in [0.15, 0.2) is 24.1 Å². The number of aryl methyl sites for hydroxylation is 2. The van der Waals surface area contributed by atoms with E-state index < -0.39 is 0 Å². The highest BCUT2D eigenvalue weighted by atomic mass is 32.1. The Balaban J connectivity index is 1.34. The second kappa shape index (κ2) is 7.01. The van der Waals surface area contributed by atoms with E-state index in [1.807, 2.05) is 31.0 Å². The minimum Gasteiger partial charge on any atom is -0.341 e. The molecule has 0 radical (unpaired) electrons. The van der Waals surface area contributed by atoms with E-state index >= 15 is 0 Å². The molecule has 0 saturated carbocycles. The van der Waals surface area contributed by atoms with Crippen molar-refractivity contribution in [2.45, 2.75) is 33.2 Å². The van der Waals surface area contributed by atoms with Gasteiger partial charge in [-0.25, -0.2) is 15.0 Å². The molecule has 1 aliphatic heterocycles. The lowest BCUT2D eigenvalue weighted by atomic mass is 10.0. The van der Waals surface area contributed by atoms with E-state index in [1.54, 1.807) is 11.3 Å². The molecule has 7 heteroatoms. The summed E-state index contributed by atoms with van der Waals surface area (Å²) in [5.41, 5.74) is 6.00. The standard InChI is InChI=1S/C18H22N6S/c1-12-6-21-18(23-12)16-8-19-15(7-20-16)5-14-3-4-24(9-14)10-17-13(2)22-11-25-17/h6-8,11,14H,3-5,9-10H2,1-2H3,(H,21,23)/t14-/m0/s1. The lowest BCUT2D eigenvalue weighted by molar-refractivity contribution is 0.318. The first kappa shape index (κ1) is 16.4. The molecule has 0 bridgehead atoms. The van der Waals surface area contributed by atoms with Gasteiger partial charge >= 0.3 is 0 Å². The third-order valence-electron chi connectivity index (χ3n) is 4.73. The molecule has 1 aliphatic rings. The van der Waals surface area contributed by atoms with Gasteiger partial charge in [0.05, 0.1) is 23.1 Å². The number of nitrogens with zero attached hydrogens (tertiary/aromatic N) is 5. The number of aromatic nitrogens is 5. The third kappa shape index (κ3) is 3.77. The average molecular weight is 354 g/mol. The number of nitrogens with one attached hydrogen (secondary N) is 1. The van der Waals surface area contributed by atoms with E-state index in [-0.39, 0.29) is 0 Å². The zero-order valence-corrected chi connectivity index (χ0v) is 15.4. The molecule has 0 amide bonds. The highest BCUT2D eigenvalue weighted by Gasteiger charge is 2.24. The average Bonchev–Trinajstić information content (AvgIpc) is 3.32. The summed E-state index contributed by atoms with van der Waals surface area (Å²) in [5, 5.41) is 0. The Bertz CT molecular complexity index is 837. The van der Waals surface area contributed by atoms with Crippen LogP contribution in [0.25, 0.3) is 11.5 Å². The van der Waals surface area contributed by atoms with Crippen molar-refractivity contribution in [3.63, 3.8) is 0 Å². The highest BCUT2D eigenvalue weighted by Crippen LogP contribution is 2.24. The number of aromatic amines is 1. The topological polar surface area (TPSA) is 70.6 Å². The van der Waals surface area contributed by atoms with Crippen LogP contribution in [0.2, 0.25) is 0 Å². The Labute approximate surface area is 151 Å². The first-order valence-corrected chi connectivity index (χ1v) is 9.49. The summed E-state index contributed by atoms with van der Waals surface area (Å²) >= 11 is 1.76. The zero-order chi connectivity index (χ0) is 17.2. The summed E-state index contributed by atoms with van der Waals surface area (Å²) in [7, 11) is 0. The van der Waals surface area contributed by atoms with Gasteiger partial charge in [0.15, 0.2) is 5.82 Å². The molecule has 3 aromatic heterocycles. The molecule has 0 spiro atoms. The van der Waals surface area contributed by atoms with Crippen molar-refractivity contribution in [3.8, 4) is 11.5 Å². The van der Waals surface area contributed by atoms with Gasteiger partial charge < -0.3 is 4.98 Å². The molecule has 1 fully saturated rings. The van der Waals surface area contributed by atoms with Crippen LogP contribution in [-0.2, 0) is 13.0 Å². The molecule has 0 unspecified atom stereocenters. The quantitative estimate of drug-likeness (QED) is 0.763. The monoisotopic (exact) mass is 354 g/mol. The summed E-state index contributed by atoms with van der Waals surface area (Å²) in [6.07, 6.45) is 7.73. The van der Waals surface area contributed by atoms with Crippen LogP contribution in [0.5, 0.6) is 0 Å². The van der Waals surface area contributed by atoms with Crippen LogP contribution in [0.4, 0.5) is 0 Å². The summed E-state index contributed by atoms with van der Waals surface area (Å²) in [5.74, 6) is 1.43. The van der Waals surface area contributed by atoms with Gasteiger partial charge in [0.1, 0.15) is 5.69 Å². The molecule has 1 saturated heterocycles. The summed E-state index contributed by atoms with van der Waals surface area (Å²) < 4.78 is 0. The SMILES string of the molecule is Cc1cnc(-c2cnc(C[C@@H]3CCN(Cc4scnc4C)C3)cn2)[nH]1. The summed E-state index contributed by atoms with van der Waals surface area (Å²) in [6, 6.07) is 0. The van der Waals surface area contributed by atoms with Crippen molar-refractivity contribution in [3.05, 3.63) is 46.1 Å². The molecule has 4 rings (SSSR count). The predicted molar refractivity (Wildman–Crippen MR) is 98.3 cm³/mol. The van der Waals surface area contributed by atoms with Gasteiger partial charge in [0.2, 0.25) is 0 Å². The van der Waals surface area contributed by atoms with Gasteiger partial charge in [-0.15, -0.1) is 11.3 Å². The molecule has 1 atom stereocenters. The van der Waals surface area contributed by atoms with Gasteiger partial charge in [0, 0.05) is 36.1 Å². The van der Waals surface area contributed by atoms with E-state index in [0.717, 1.165) is 49.0 Å². The Kier molecular flexibility index (Phi) is 4.59. The molecule has 0 aromatic carbocycles. The Morgan fingerprint density at radius 2 is 2.08 bits per heavy atom. The Hall–Kier alpha value is -2.12. The maximum Gasteiger partial charge on any atom is 0.157 e.